The minimum Gasteiger partial charge on any atom is -0.497 e. The van der Waals surface area contributed by atoms with Gasteiger partial charge in [0.1, 0.15) is 11.3 Å². The fourth-order valence-electron chi connectivity index (χ4n) is 2.40. The van der Waals surface area contributed by atoms with Gasteiger partial charge in [0, 0.05) is 28.6 Å². The molecule has 4 nitrogen and oxygen atoms in total. The van der Waals surface area contributed by atoms with Crippen molar-refractivity contribution in [2.45, 2.75) is 13.0 Å². The predicted octanol–water partition coefficient (Wildman–Crippen LogP) is 3.95. The van der Waals surface area contributed by atoms with E-state index in [1.165, 1.54) is 0 Å². The van der Waals surface area contributed by atoms with Gasteiger partial charge < -0.3 is 14.5 Å². The van der Waals surface area contributed by atoms with Crippen molar-refractivity contribution >= 4 is 28.5 Å². The summed E-state index contributed by atoms with van der Waals surface area (Å²) in [6.07, 6.45) is 1.86. The van der Waals surface area contributed by atoms with Gasteiger partial charge in [-0.05, 0) is 23.8 Å². The van der Waals surface area contributed by atoms with Crippen LogP contribution in [0.25, 0.3) is 11.0 Å². The van der Waals surface area contributed by atoms with Crippen molar-refractivity contribution in [3.8, 4) is 5.75 Å². The van der Waals surface area contributed by atoms with E-state index < -0.39 is 0 Å². The number of carbonyl (C=O) groups excluding carboxylic acids is 1. The minimum atomic E-state index is -0.0802. The Labute approximate surface area is 139 Å². The van der Waals surface area contributed by atoms with Crippen LogP contribution in [0, 0.1) is 0 Å². The molecule has 0 fully saturated rings. The molecule has 0 aliphatic carbocycles. The number of hydrogen-bond donors (Lipinski definition) is 1. The summed E-state index contributed by atoms with van der Waals surface area (Å²) in [4.78, 5) is 12.1. The SMILES string of the molecule is COc1ccc2c(CC(=O)NCc3ccccc3Cl)coc2c1. The Bertz CT molecular complexity index is 841. The summed E-state index contributed by atoms with van der Waals surface area (Å²) in [5.74, 6) is 0.644. The summed E-state index contributed by atoms with van der Waals surface area (Å²) in [5.41, 5.74) is 2.45. The van der Waals surface area contributed by atoms with Crippen molar-refractivity contribution in [3.05, 3.63) is 64.9 Å². The van der Waals surface area contributed by atoms with E-state index in [1.807, 2.05) is 30.3 Å². The number of halogens is 1. The number of amides is 1. The summed E-state index contributed by atoms with van der Waals surface area (Å²) in [5, 5.41) is 4.44. The standard InChI is InChI=1S/C18H16ClNO3/c1-22-14-6-7-15-13(11-23-17(15)9-14)8-18(21)20-10-12-4-2-3-5-16(12)19/h2-7,9,11H,8,10H2,1H3,(H,20,21). The van der Waals surface area contributed by atoms with Gasteiger partial charge in [-0.2, -0.15) is 0 Å². The Morgan fingerprint density at radius 2 is 2.04 bits per heavy atom. The number of ether oxygens (including phenoxy) is 1. The highest BCUT2D eigenvalue weighted by Gasteiger charge is 2.11. The highest BCUT2D eigenvalue weighted by molar-refractivity contribution is 6.31. The third-order valence-corrected chi connectivity index (χ3v) is 4.02. The van der Waals surface area contributed by atoms with Crippen molar-refractivity contribution in [2.75, 3.05) is 7.11 Å². The maximum atomic E-state index is 12.1. The second kappa shape index (κ2) is 6.75. The van der Waals surface area contributed by atoms with Gasteiger partial charge in [-0.1, -0.05) is 29.8 Å². The average molecular weight is 330 g/mol. The molecule has 0 bridgehead atoms. The first-order chi connectivity index (χ1) is 11.2. The molecule has 3 aromatic rings. The Morgan fingerprint density at radius 1 is 1.22 bits per heavy atom. The molecule has 2 aromatic carbocycles. The number of methoxy groups -OCH3 is 1. The van der Waals surface area contributed by atoms with Crippen molar-refractivity contribution < 1.29 is 13.9 Å². The lowest BCUT2D eigenvalue weighted by molar-refractivity contribution is -0.120. The average Bonchev–Trinajstić information content (AvgIpc) is 2.96. The van der Waals surface area contributed by atoms with Gasteiger partial charge in [0.2, 0.25) is 5.91 Å². The van der Waals surface area contributed by atoms with Crippen LogP contribution in [-0.4, -0.2) is 13.0 Å². The summed E-state index contributed by atoms with van der Waals surface area (Å²) >= 11 is 6.08. The minimum absolute atomic E-state index is 0.0802. The molecule has 5 heteroatoms. The number of rotatable bonds is 5. The molecule has 0 atom stereocenters. The third kappa shape index (κ3) is 3.48. The van der Waals surface area contributed by atoms with E-state index in [4.69, 9.17) is 20.8 Å². The molecule has 0 radical (unpaired) electrons. The molecular formula is C18H16ClNO3. The monoisotopic (exact) mass is 329 g/mol. The molecule has 0 saturated heterocycles. The first kappa shape index (κ1) is 15.4. The topological polar surface area (TPSA) is 51.5 Å². The van der Waals surface area contributed by atoms with E-state index in [-0.39, 0.29) is 12.3 Å². The third-order valence-electron chi connectivity index (χ3n) is 3.65. The maximum Gasteiger partial charge on any atom is 0.224 e. The summed E-state index contributed by atoms with van der Waals surface area (Å²) < 4.78 is 10.7. The number of nitrogens with one attached hydrogen (secondary N) is 1. The van der Waals surface area contributed by atoms with E-state index in [1.54, 1.807) is 25.5 Å². The Morgan fingerprint density at radius 3 is 2.83 bits per heavy atom. The lowest BCUT2D eigenvalue weighted by Crippen LogP contribution is -2.24. The predicted molar refractivity (Wildman–Crippen MR) is 89.8 cm³/mol. The molecule has 1 N–H and O–H groups in total. The van der Waals surface area contributed by atoms with Gasteiger partial charge in [0.05, 0.1) is 19.8 Å². The summed E-state index contributed by atoms with van der Waals surface area (Å²) in [6.45, 7) is 0.405. The van der Waals surface area contributed by atoms with Crippen LogP contribution in [0.1, 0.15) is 11.1 Å². The number of hydrogen-bond acceptors (Lipinski definition) is 3. The van der Waals surface area contributed by atoms with E-state index >= 15 is 0 Å². The van der Waals surface area contributed by atoms with Gasteiger partial charge in [-0.3, -0.25) is 4.79 Å². The molecular weight excluding hydrogens is 314 g/mol. The van der Waals surface area contributed by atoms with Crippen molar-refractivity contribution in [2.24, 2.45) is 0 Å². The van der Waals surface area contributed by atoms with E-state index in [9.17, 15) is 4.79 Å². The van der Waals surface area contributed by atoms with Gasteiger partial charge in [0.25, 0.3) is 0 Å². The Balaban J connectivity index is 1.67. The van der Waals surface area contributed by atoms with Gasteiger partial charge in [0.15, 0.2) is 0 Å². The zero-order valence-electron chi connectivity index (χ0n) is 12.6. The normalized spacial score (nSPS) is 10.7. The van der Waals surface area contributed by atoms with Crippen LogP contribution in [-0.2, 0) is 17.8 Å². The van der Waals surface area contributed by atoms with Crippen LogP contribution in [0.3, 0.4) is 0 Å². The van der Waals surface area contributed by atoms with E-state index in [0.717, 1.165) is 22.3 Å². The Hall–Kier alpha value is -2.46. The summed E-state index contributed by atoms with van der Waals surface area (Å²) in [7, 11) is 1.60. The largest absolute Gasteiger partial charge is 0.497 e. The molecule has 23 heavy (non-hydrogen) atoms. The highest BCUT2D eigenvalue weighted by atomic mass is 35.5. The second-order valence-electron chi connectivity index (χ2n) is 5.17. The molecule has 0 saturated carbocycles. The Kier molecular flexibility index (Phi) is 4.53. The maximum absolute atomic E-state index is 12.1. The van der Waals surface area contributed by atoms with E-state index in [0.29, 0.717) is 17.2 Å². The lowest BCUT2D eigenvalue weighted by Gasteiger charge is -2.06. The molecule has 3 rings (SSSR count). The first-order valence-electron chi connectivity index (χ1n) is 7.21. The number of furan rings is 1. The number of benzene rings is 2. The van der Waals surface area contributed by atoms with Crippen LogP contribution >= 0.6 is 11.6 Å². The second-order valence-corrected chi connectivity index (χ2v) is 5.58. The lowest BCUT2D eigenvalue weighted by atomic mass is 10.1. The van der Waals surface area contributed by atoms with Crippen molar-refractivity contribution in [3.63, 3.8) is 0 Å². The van der Waals surface area contributed by atoms with Crippen LogP contribution < -0.4 is 10.1 Å². The zero-order chi connectivity index (χ0) is 16.2. The fourth-order valence-corrected chi connectivity index (χ4v) is 2.60. The molecule has 0 unspecified atom stereocenters. The molecule has 118 valence electrons. The fraction of sp³-hybridized carbons (Fsp3) is 0.167. The first-order valence-corrected chi connectivity index (χ1v) is 7.59. The molecule has 0 aliphatic heterocycles. The van der Waals surface area contributed by atoms with Gasteiger partial charge in [-0.25, -0.2) is 0 Å². The number of fused-ring (bicyclic) bond motifs is 1. The van der Waals surface area contributed by atoms with E-state index in [2.05, 4.69) is 5.32 Å². The molecule has 0 spiro atoms. The summed E-state index contributed by atoms with van der Waals surface area (Å²) in [6, 6.07) is 13.0. The van der Waals surface area contributed by atoms with Crippen molar-refractivity contribution in [1.29, 1.82) is 0 Å². The molecule has 1 aromatic heterocycles. The van der Waals surface area contributed by atoms with Gasteiger partial charge in [-0.15, -0.1) is 0 Å². The van der Waals surface area contributed by atoms with Crippen LogP contribution in [0.5, 0.6) is 5.75 Å². The van der Waals surface area contributed by atoms with Crippen molar-refractivity contribution in [1.82, 2.24) is 5.32 Å². The molecule has 1 amide bonds. The van der Waals surface area contributed by atoms with Crippen LogP contribution in [0.4, 0.5) is 0 Å². The quantitative estimate of drug-likeness (QED) is 0.771. The van der Waals surface area contributed by atoms with Gasteiger partial charge >= 0.3 is 0 Å². The molecule has 0 aliphatic rings. The van der Waals surface area contributed by atoms with Crippen LogP contribution in [0.15, 0.2) is 53.1 Å². The number of carbonyl (C=O) groups is 1. The smallest absolute Gasteiger partial charge is 0.224 e. The zero-order valence-corrected chi connectivity index (χ0v) is 13.4. The van der Waals surface area contributed by atoms with Crippen LogP contribution in [0.2, 0.25) is 5.02 Å². The molecule has 1 heterocycles. The highest BCUT2D eigenvalue weighted by Crippen LogP contribution is 2.25.